The number of anilines is 1. The molecule has 1 N–H and O–H groups in total. The van der Waals surface area contributed by atoms with E-state index in [2.05, 4.69) is 15.5 Å². The zero-order chi connectivity index (χ0) is 23.4. The van der Waals surface area contributed by atoms with Gasteiger partial charge in [-0.25, -0.2) is 0 Å². The molecule has 172 valence electrons. The predicted octanol–water partition coefficient (Wildman–Crippen LogP) is 4.72. The van der Waals surface area contributed by atoms with Crippen LogP contribution in [0.15, 0.2) is 47.6 Å². The Labute approximate surface area is 199 Å². The van der Waals surface area contributed by atoms with Crippen LogP contribution in [0.25, 0.3) is 11.4 Å². The van der Waals surface area contributed by atoms with Gasteiger partial charge in [0, 0.05) is 23.3 Å². The minimum absolute atomic E-state index is 0.0376. The zero-order valence-corrected chi connectivity index (χ0v) is 19.4. The van der Waals surface area contributed by atoms with E-state index in [9.17, 15) is 14.9 Å². The van der Waals surface area contributed by atoms with Gasteiger partial charge in [-0.15, -0.1) is 10.2 Å². The van der Waals surface area contributed by atoms with Gasteiger partial charge >= 0.3 is 0 Å². The van der Waals surface area contributed by atoms with Crippen LogP contribution >= 0.6 is 23.4 Å². The van der Waals surface area contributed by atoms with Crippen LogP contribution in [-0.4, -0.2) is 44.1 Å². The quantitative estimate of drug-likeness (QED) is 0.278. The summed E-state index contributed by atoms with van der Waals surface area (Å²) in [5.74, 6) is 0.467. The Morgan fingerprint density at radius 3 is 2.79 bits per heavy atom. The summed E-state index contributed by atoms with van der Waals surface area (Å²) in [5.41, 5.74) is 1.66. The van der Waals surface area contributed by atoms with Gasteiger partial charge in [0.2, 0.25) is 5.91 Å². The van der Waals surface area contributed by atoms with Gasteiger partial charge in [-0.2, -0.15) is 0 Å². The van der Waals surface area contributed by atoms with Crippen molar-refractivity contribution in [2.45, 2.75) is 37.6 Å². The zero-order valence-electron chi connectivity index (χ0n) is 17.9. The summed E-state index contributed by atoms with van der Waals surface area (Å²) in [5, 5.41) is 23.8. The van der Waals surface area contributed by atoms with Crippen molar-refractivity contribution in [3.63, 3.8) is 0 Å². The molecule has 1 fully saturated rings. The fourth-order valence-electron chi connectivity index (χ4n) is 3.64. The summed E-state index contributed by atoms with van der Waals surface area (Å²) < 4.78 is 7.77. The van der Waals surface area contributed by atoms with Gasteiger partial charge in [-0.1, -0.05) is 29.4 Å². The number of rotatable bonds is 8. The third-order valence-electron chi connectivity index (χ3n) is 5.34. The van der Waals surface area contributed by atoms with Crippen LogP contribution < -0.4 is 5.32 Å². The Kier molecular flexibility index (Phi) is 7.26. The summed E-state index contributed by atoms with van der Waals surface area (Å²) in [6, 6.07) is 11.9. The third kappa shape index (κ3) is 5.52. The van der Waals surface area contributed by atoms with E-state index in [4.69, 9.17) is 16.3 Å². The van der Waals surface area contributed by atoms with Crippen molar-refractivity contribution in [3.05, 3.63) is 63.2 Å². The lowest BCUT2D eigenvalue weighted by Gasteiger charge is -2.15. The van der Waals surface area contributed by atoms with Crippen LogP contribution in [0.2, 0.25) is 5.02 Å². The molecule has 11 heteroatoms. The highest BCUT2D eigenvalue weighted by Gasteiger charge is 2.22. The minimum atomic E-state index is -0.467. The number of nitro benzene ring substituents is 1. The van der Waals surface area contributed by atoms with E-state index < -0.39 is 4.92 Å². The summed E-state index contributed by atoms with van der Waals surface area (Å²) in [4.78, 5) is 23.3. The van der Waals surface area contributed by atoms with Gasteiger partial charge in [0.05, 0.1) is 34.6 Å². The van der Waals surface area contributed by atoms with Crippen LogP contribution in [0, 0.1) is 17.0 Å². The van der Waals surface area contributed by atoms with Gasteiger partial charge in [-0.3, -0.25) is 19.5 Å². The van der Waals surface area contributed by atoms with Crippen molar-refractivity contribution in [1.82, 2.24) is 14.8 Å². The molecule has 1 aliphatic heterocycles. The number of ether oxygens (including phenoxy) is 1. The predicted molar refractivity (Wildman–Crippen MR) is 127 cm³/mol. The second-order valence-corrected chi connectivity index (χ2v) is 8.98. The third-order valence-corrected chi connectivity index (χ3v) is 6.56. The first kappa shape index (κ1) is 23.2. The first-order chi connectivity index (χ1) is 15.9. The molecule has 1 atom stereocenters. The highest BCUT2D eigenvalue weighted by atomic mass is 35.5. The molecule has 3 aromatic rings. The highest BCUT2D eigenvalue weighted by molar-refractivity contribution is 7.99. The van der Waals surface area contributed by atoms with Crippen molar-refractivity contribution >= 4 is 40.6 Å². The molecule has 0 radical (unpaired) electrons. The first-order valence-electron chi connectivity index (χ1n) is 10.4. The normalized spacial score (nSPS) is 15.5. The van der Waals surface area contributed by atoms with E-state index in [0.717, 1.165) is 25.0 Å². The van der Waals surface area contributed by atoms with E-state index in [1.165, 1.54) is 17.8 Å². The van der Waals surface area contributed by atoms with Crippen molar-refractivity contribution in [2.75, 3.05) is 17.7 Å². The standard InChI is InChI=1S/C22H22ClN5O4S/c1-14-18(5-2-6-19(14)28(30)31)24-20(29)13-33-22-26-25-21(15-7-9-16(23)10-8-15)27(22)12-17-4-3-11-32-17/h2,5-10,17H,3-4,11-13H2,1H3,(H,24,29)/t17-/m0/s1. The number of halogens is 1. The fourth-order valence-corrected chi connectivity index (χ4v) is 4.51. The van der Waals surface area contributed by atoms with E-state index in [1.807, 2.05) is 16.7 Å². The molecule has 4 rings (SSSR count). The lowest BCUT2D eigenvalue weighted by atomic mass is 10.1. The Bertz CT molecular complexity index is 1160. The van der Waals surface area contributed by atoms with Gasteiger partial charge in [0.25, 0.3) is 5.69 Å². The topological polar surface area (TPSA) is 112 Å². The number of nitrogens with zero attached hydrogens (tertiary/aromatic N) is 4. The molecule has 0 saturated carbocycles. The molecule has 1 amide bonds. The number of carbonyl (C=O) groups is 1. The maximum Gasteiger partial charge on any atom is 0.274 e. The smallest absolute Gasteiger partial charge is 0.274 e. The second-order valence-electron chi connectivity index (χ2n) is 7.60. The van der Waals surface area contributed by atoms with E-state index >= 15 is 0 Å². The molecule has 2 aromatic carbocycles. The van der Waals surface area contributed by atoms with E-state index in [-0.39, 0.29) is 23.5 Å². The number of amides is 1. The fraction of sp³-hybridized carbons (Fsp3) is 0.318. The Balaban J connectivity index is 1.50. The van der Waals surface area contributed by atoms with Crippen LogP contribution in [-0.2, 0) is 16.1 Å². The van der Waals surface area contributed by atoms with Gasteiger partial charge in [0.15, 0.2) is 11.0 Å². The lowest BCUT2D eigenvalue weighted by Crippen LogP contribution is -2.18. The Morgan fingerprint density at radius 2 is 2.09 bits per heavy atom. The monoisotopic (exact) mass is 487 g/mol. The number of nitro groups is 1. The Hall–Kier alpha value is -2.95. The molecule has 9 nitrogen and oxygen atoms in total. The number of carbonyl (C=O) groups excluding carboxylic acids is 1. The molecule has 1 saturated heterocycles. The minimum Gasteiger partial charge on any atom is -0.376 e. The van der Waals surface area contributed by atoms with Crippen LogP contribution in [0.3, 0.4) is 0 Å². The van der Waals surface area contributed by atoms with Gasteiger partial charge in [0.1, 0.15) is 0 Å². The van der Waals surface area contributed by atoms with E-state index in [1.54, 1.807) is 31.2 Å². The number of hydrogen-bond donors (Lipinski definition) is 1. The number of nitrogens with one attached hydrogen (secondary N) is 1. The lowest BCUT2D eigenvalue weighted by molar-refractivity contribution is -0.385. The SMILES string of the molecule is Cc1c(NC(=O)CSc2nnc(-c3ccc(Cl)cc3)n2C[C@@H]2CCCO2)cccc1[N+](=O)[O-]. The molecular weight excluding hydrogens is 466 g/mol. The van der Waals surface area contributed by atoms with Gasteiger partial charge in [-0.05, 0) is 50.1 Å². The first-order valence-corrected chi connectivity index (χ1v) is 11.8. The van der Waals surface area contributed by atoms with Crippen LogP contribution in [0.1, 0.15) is 18.4 Å². The van der Waals surface area contributed by atoms with Gasteiger partial charge < -0.3 is 10.1 Å². The molecule has 0 spiro atoms. The molecule has 1 aliphatic rings. The summed E-state index contributed by atoms with van der Waals surface area (Å²) in [7, 11) is 0. The highest BCUT2D eigenvalue weighted by Crippen LogP contribution is 2.28. The maximum atomic E-state index is 12.6. The Morgan fingerprint density at radius 1 is 1.30 bits per heavy atom. The molecule has 0 unspecified atom stereocenters. The average molecular weight is 488 g/mol. The van der Waals surface area contributed by atoms with Crippen molar-refractivity contribution in [1.29, 1.82) is 0 Å². The average Bonchev–Trinajstić information content (AvgIpc) is 3.45. The number of benzene rings is 2. The van der Waals surface area contributed by atoms with Crippen molar-refractivity contribution in [3.8, 4) is 11.4 Å². The summed E-state index contributed by atoms with van der Waals surface area (Å²) in [6.45, 7) is 2.92. The maximum absolute atomic E-state index is 12.6. The number of hydrogen-bond acceptors (Lipinski definition) is 7. The molecule has 33 heavy (non-hydrogen) atoms. The number of aromatic nitrogens is 3. The molecule has 1 aromatic heterocycles. The molecule has 0 bridgehead atoms. The summed E-state index contributed by atoms with van der Waals surface area (Å²) in [6.07, 6.45) is 2.03. The van der Waals surface area contributed by atoms with Crippen LogP contribution in [0.4, 0.5) is 11.4 Å². The number of thioether (sulfide) groups is 1. The van der Waals surface area contributed by atoms with Crippen LogP contribution in [0.5, 0.6) is 0 Å². The summed E-state index contributed by atoms with van der Waals surface area (Å²) >= 11 is 7.28. The van der Waals surface area contributed by atoms with Crippen molar-refractivity contribution in [2.24, 2.45) is 0 Å². The van der Waals surface area contributed by atoms with E-state index in [0.29, 0.717) is 33.8 Å². The molecule has 2 heterocycles. The molecule has 0 aliphatic carbocycles. The second kappa shape index (κ2) is 10.3. The molecular formula is C22H22ClN5O4S. The largest absolute Gasteiger partial charge is 0.376 e. The van der Waals surface area contributed by atoms with Crippen molar-refractivity contribution < 1.29 is 14.5 Å².